The van der Waals surface area contributed by atoms with Crippen LogP contribution in [0.4, 0.5) is 5.69 Å². The third kappa shape index (κ3) is 2.43. The molecule has 2 heterocycles. The minimum Gasteiger partial charge on any atom is -0.508 e. The van der Waals surface area contributed by atoms with Gasteiger partial charge in [-0.15, -0.1) is 11.3 Å². The molecule has 0 amide bonds. The number of nitrogens with one attached hydrogen (secondary N) is 2. The number of rotatable bonds is 3. The highest BCUT2D eigenvalue weighted by Gasteiger charge is 2.04. The van der Waals surface area contributed by atoms with Gasteiger partial charge < -0.3 is 15.4 Å². The molecule has 3 aromatic rings. The first kappa shape index (κ1) is 11.7. The van der Waals surface area contributed by atoms with Gasteiger partial charge in [-0.1, -0.05) is 6.07 Å². The molecule has 0 radical (unpaired) electrons. The van der Waals surface area contributed by atoms with Crippen LogP contribution in [0.5, 0.6) is 5.75 Å². The van der Waals surface area contributed by atoms with Crippen LogP contribution in [0, 0.1) is 0 Å². The Bertz CT molecular complexity index is 779. The lowest BCUT2D eigenvalue weighted by Crippen LogP contribution is -2.13. The zero-order valence-corrected chi connectivity index (χ0v) is 10.7. The number of H-pyrrole nitrogens is 1. The zero-order chi connectivity index (χ0) is 13.2. The summed E-state index contributed by atoms with van der Waals surface area (Å²) in [6.45, 7) is 0.393. The molecule has 96 valence electrons. The molecule has 2 aromatic heterocycles. The average molecular weight is 273 g/mol. The van der Waals surface area contributed by atoms with Crippen LogP contribution in [-0.4, -0.2) is 15.1 Å². The number of thiophene rings is 1. The standard InChI is InChI=1S/C13H11N3O2S/c17-9-3-1-2-8(6-9)14-7-11-15-10-4-5-19-12(10)13(18)16-11/h1-6,14,17H,7H2,(H,15,16,18). The van der Waals surface area contributed by atoms with E-state index in [1.54, 1.807) is 18.2 Å². The molecule has 6 heteroatoms. The zero-order valence-electron chi connectivity index (χ0n) is 9.88. The van der Waals surface area contributed by atoms with Crippen molar-refractivity contribution in [3.8, 4) is 5.75 Å². The monoisotopic (exact) mass is 273 g/mol. The molecule has 5 nitrogen and oxygen atoms in total. The van der Waals surface area contributed by atoms with Crippen LogP contribution >= 0.6 is 11.3 Å². The van der Waals surface area contributed by atoms with E-state index in [0.29, 0.717) is 22.6 Å². The van der Waals surface area contributed by atoms with E-state index in [1.165, 1.54) is 11.3 Å². The predicted molar refractivity (Wildman–Crippen MR) is 75.7 cm³/mol. The molecule has 0 aliphatic carbocycles. The van der Waals surface area contributed by atoms with Gasteiger partial charge in [0, 0.05) is 11.8 Å². The van der Waals surface area contributed by atoms with Gasteiger partial charge >= 0.3 is 0 Å². The van der Waals surface area contributed by atoms with E-state index in [4.69, 9.17) is 0 Å². The summed E-state index contributed by atoms with van der Waals surface area (Å²) in [5.74, 6) is 0.763. The molecule has 3 N–H and O–H groups in total. The van der Waals surface area contributed by atoms with Gasteiger partial charge in [-0.3, -0.25) is 4.79 Å². The summed E-state index contributed by atoms with van der Waals surface area (Å²) in [6.07, 6.45) is 0. The predicted octanol–water partition coefficient (Wildman–Crippen LogP) is 2.30. The van der Waals surface area contributed by atoms with Crippen LogP contribution in [0.25, 0.3) is 10.2 Å². The molecule has 0 aliphatic heterocycles. The molecule has 0 saturated carbocycles. The lowest BCUT2D eigenvalue weighted by atomic mass is 10.3. The highest BCUT2D eigenvalue weighted by atomic mass is 32.1. The van der Waals surface area contributed by atoms with Crippen LogP contribution in [0.3, 0.4) is 0 Å². The maximum absolute atomic E-state index is 11.8. The Morgan fingerprint density at radius 2 is 2.26 bits per heavy atom. The Morgan fingerprint density at radius 1 is 1.37 bits per heavy atom. The molecule has 1 aromatic carbocycles. The van der Waals surface area contributed by atoms with Crippen LogP contribution < -0.4 is 10.9 Å². The molecule has 0 bridgehead atoms. The van der Waals surface area contributed by atoms with Gasteiger partial charge in [-0.05, 0) is 23.6 Å². The number of benzene rings is 1. The fraction of sp³-hybridized carbons (Fsp3) is 0.0769. The summed E-state index contributed by atoms with van der Waals surface area (Å²) in [5.41, 5.74) is 1.36. The molecule has 19 heavy (non-hydrogen) atoms. The molecule has 0 saturated heterocycles. The van der Waals surface area contributed by atoms with Crippen molar-refractivity contribution < 1.29 is 5.11 Å². The van der Waals surface area contributed by atoms with Crippen molar-refractivity contribution in [2.75, 3.05) is 5.32 Å². The molecule has 0 unspecified atom stereocenters. The topological polar surface area (TPSA) is 78.0 Å². The van der Waals surface area contributed by atoms with Crippen LogP contribution in [0.2, 0.25) is 0 Å². The summed E-state index contributed by atoms with van der Waals surface area (Å²) in [6, 6.07) is 8.62. The van der Waals surface area contributed by atoms with E-state index >= 15 is 0 Å². The Morgan fingerprint density at radius 3 is 3.11 bits per heavy atom. The lowest BCUT2D eigenvalue weighted by molar-refractivity contribution is 0.475. The number of hydrogen-bond acceptors (Lipinski definition) is 5. The van der Waals surface area contributed by atoms with Gasteiger partial charge in [-0.25, -0.2) is 4.98 Å². The summed E-state index contributed by atoms with van der Waals surface area (Å²) in [7, 11) is 0. The fourth-order valence-electron chi connectivity index (χ4n) is 1.81. The summed E-state index contributed by atoms with van der Waals surface area (Å²) >= 11 is 1.38. The Hall–Kier alpha value is -2.34. The molecular formula is C13H11N3O2S. The number of aromatic amines is 1. The van der Waals surface area contributed by atoms with E-state index in [9.17, 15) is 9.90 Å². The minimum atomic E-state index is -0.118. The van der Waals surface area contributed by atoms with Crippen molar-refractivity contribution in [3.05, 3.63) is 51.9 Å². The first-order valence-electron chi connectivity index (χ1n) is 5.72. The van der Waals surface area contributed by atoms with E-state index < -0.39 is 0 Å². The Kier molecular flexibility index (Phi) is 2.92. The maximum Gasteiger partial charge on any atom is 0.268 e. The number of anilines is 1. The quantitative estimate of drug-likeness (QED) is 0.684. The normalized spacial score (nSPS) is 10.7. The van der Waals surface area contributed by atoms with Gasteiger partial charge in [0.2, 0.25) is 0 Å². The first-order valence-corrected chi connectivity index (χ1v) is 6.59. The van der Waals surface area contributed by atoms with Crippen molar-refractivity contribution in [1.82, 2.24) is 9.97 Å². The van der Waals surface area contributed by atoms with Crippen molar-refractivity contribution >= 4 is 27.2 Å². The molecule has 0 aliphatic rings. The molecule has 3 rings (SSSR count). The second-order valence-electron chi connectivity index (χ2n) is 4.05. The summed E-state index contributed by atoms with van der Waals surface area (Å²) in [5, 5.41) is 14.3. The highest BCUT2D eigenvalue weighted by Crippen LogP contribution is 2.17. The van der Waals surface area contributed by atoms with E-state index in [2.05, 4.69) is 15.3 Å². The molecule has 0 fully saturated rings. The first-order chi connectivity index (χ1) is 9.22. The van der Waals surface area contributed by atoms with Crippen molar-refractivity contribution in [3.63, 3.8) is 0 Å². The molecule has 0 spiro atoms. The number of hydrogen-bond donors (Lipinski definition) is 3. The van der Waals surface area contributed by atoms with Crippen LogP contribution in [-0.2, 0) is 6.54 Å². The van der Waals surface area contributed by atoms with Crippen LogP contribution in [0.15, 0.2) is 40.5 Å². The number of fused-ring (bicyclic) bond motifs is 1. The lowest BCUT2D eigenvalue weighted by Gasteiger charge is -2.06. The largest absolute Gasteiger partial charge is 0.508 e. The van der Waals surface area contributed by atoms with Gasteiger partial charge in [0.25, 0.3) is 5.56 Å². The third-order valence-electron chi connectivity index (χ3n) is 2.67. The third-order valence-corrected chi connectivity index (χ3v) is 3.57. The average Bonchev–Trinajstić information content (AvgIpc) is 2.85. The number of phenols is 1. The van der Waals surface area contributed by atoms with Crippen molar-refractivity contribution in [1.29, 1.82) is 0 Å². The van der Waals surface area contributed by atoms with Crippen LogP contribution in [0.1, 0.15) is 5.82 Å². The maximum atomic E-state index is 11.8. The number of phenolic OH excluding ortho intramolecular Hbond substituents is 1. The van der Waals surface area contributed by atoms with Gasteiger partial charge in [0.05, 0.1) is 12.1 Å². The molecule has 0 atom stereocenters. The SMILES string of the molecule is O=c1[nH]c(CNc2cccc(O)c2)nc2ccsc12. The van der Waals surface area contributed by atoms with Crippen molar-refractivity contribution in [2.45, 2.75) is 6.54 Å². The van der Waals surface area contributed by atoms with E-state index in [-0.39, 0.29) is 11.3 Å². The Labute approximate surface area is 112 Å². The summed E-state index contributed by atoms with van der Waals surface area (Å²) < 4.78 is 0.640. The fourth-order valence-corrected chi connectivity index (χ4v) is 2.53. The Balaban J connectivity index is 1.83. The number of nitrogens with zero attached hydrogens (tertiary/aromatic N) is 1. The summed E-state index contributed by atoms with van der Waals surface area (Å²) in [4.78, 5) is 18.9. The van der Waals surface area contributed by atoms with Gasteiger partial charge in [0.1, 0.15) is 16.3 Å². The van der Waals surface area contributed by atoms with E-state index in [1.807, 2.05) is 17.5 Å². The minimum absolute atomic E-state index is 0.118. The highest BCUT2D eigenvalue weighted by molar-refractivity contribution is 7.17. The van der Waals surface area contributed by atoms with Gasteiger partial charge in [0.15, 0.2) is 0 Å². The second kappa shape index (κ2) is 4.74. The smallest absolute Gasteiger partial charge is 0.268 e. The molecular weight excluding hydrogens is 262 g/mol. The van der Waals surface area contributed by atoms with Crippen molar-refractivity contribution in [2.24, 2.45) is 0 Å². The number of aromatic nitrogens is 2. The number of aromatic hydroxyl groups is 1. The van der Waals surface area contributed by atoms with E-state index in [0.717, 1.165) is 5.69 Å². The van der Waals surface area contributed by atoms with Gasteiger partial charge in [-0.2, -0.15) is 0 Å². The second-order valence-corrected chi connectivity index (χ2v) is 4.97.